The van der Waals surface area contributed by atoms with Crippen LogP contribution in [0.5, 0.6) is 17.2 Å². The van der Waals surface area contributed by atoms with Gasteiger partial charge in [-0.2, -0.15) is 0 Å². The number of nitrogens with zero attached hydrogens (tertiary/aromatic N) is 4. The lowest BCUT2D eigenvalue weighted by atomic mass is 10.2. The number of benzene rings is 1. The molecule has 10 heteroatoms. The highest BCUT2D eigenvalue weighted by Gasteiger charge is 2.23. The molecule has 1 aromatic carbocycles. The van der Waals surface area contributed by atoms with E-state index in [1.165, 1.54) is 0 Å². The van der Waals surface area contributed by atoms with Gasteiger partial charge in [-0.25, -0.2) is 15.0 Å². The maximum Gasteiger partial charge on any atom is 0.200 e. The maximum atomic E-state index is 5.77. The van der Waals surface area contributed by atoms with Crippen LogP contribution in [0.4, 0.5) is 11.5 Å². The van der Waals surface area contributed by atoms with Crippen LogP contribution < -0.4 is 19.5 Å². The van der Waals surface area contributed by atoms with Crippen molar-refractivity contribution in [2.45, 2.75) is 19.1 Å². The molecule has 3 aromatic rings. The van der Waals surface area contributed by atoms with Gasteiger partial charge in [0.25, 0.3) is 0 Å². The van der Waals surface area contributed by atoms with Gasteiger partial charge in [0.05, 0.1) is 27.7 Å². The molecule has 1 aliphatic rings. The second-order valence-corrected chi connectivity index (χ2v) is 6.87. The second-order valence-electron chi connectivity index (χ2n) is 6.16. The molecule has 0 saturated carbocycles. The Kier molecular flexibility index (Phi) is 5.23. The number of fused-ring (bicyclic) bond motifs is 1. The van der Waals surface area contributed by atoms with E-state index in [0.717, 1.165) is 19.4 Å². The Hall–Kier alpha value is -2.59. The molecule has 148 valence electrons. The highest BCUT2D eigenvalue weighted by atomic mass is 79.9. The first-order valence-corrected chi connectivity index (χ1v) is 9.52. The molecule has 3 heterocycles. The van der Waals surface area contributed by atoms with E-state index >= 15 is 0 Å². The molecule has 1 N–H and O–H groups in total. The summed E-state index contributed by atoms with van der Waals surface area (Å²) in [5, 5.41) is 3.28. The van der Waals surface area contributed by atoms with Crippen LogP contribution in [-0.4, -0.2) is 47.5 Å². The smallest absolute Gasteiger partial charge is 0.200 e. The van der Waals surface area contributed by atoms with Crippen molar-refractivity contribution >= 4 is 38.6 Å². The van der Waals surface area contributed by atoms with Crippen molar-refractivity contribution in [3.63, 3.8) is 0 Å². The zero-order valence-electron chi connectivity index (χ0n) is 15.7. The van der Waals surface area contributed by atoms with Gasteiger partial charge in [0.2, 0.25) is 4.73 Å². The third kappa shape index (κ3) is 3.33. The Balaban J connectivity index is 1.80. The van der Waals surface area contributed by atoms with Crippen LogP contribution in [0, 0.1) is 0 Å². The summed E-state index contributed by atoms with van der Waals surface area (Å²) in [6.45, 7) is 0.738. The summed E-state index contributed by atoms with van der Waals surface area (Å²) in [6.07, 6.45) is 3.61. The number of anilines is 2. The van der Waals surface area contributed by atoms with E-state index in [1.54, 1.807) is 39.8 Å². The molecule has 28 heavy (non-hydrogen) atoms. The topological polar surface area (TPSA) is 92.6 Å². The van der Waals surface area contributed by atoms with E-state index < -0.39 is 0 Å². The first-order valence-electron chi connectivity index (χ1n) is 8.73. The molecule has 2 aromatic heterocycles. The molecule has 0 amide bonds. The number of methoxy groups -OCH3 is 3. The fourth-order valence-corrected chi connectivity index (χ4v) is 3.56. The normalized spacial score (nSPS) is 16.4. The summed E-state index contributed by atoms with van der Waals surface area (Å²) in [5.74, 6) is 2.25. The molecule has 4 rings (SSSR count). The van der Waals surface area contributed by atoms with E-state index in [4.69, 9.17) is 18.9 Å². The summed E-state index contributed by atoms with van der Waals surface area (Å²) in [6, 6.07) is 3.53. The van der Waals surface area contributed by atoms with Gasteiger partial charge in [-0.3, -0.25) is 4.57 Å². The van der Waals surface area contributed by atoms with Gasteiger partial charge in [0.15, 0.2) is 17.0 Å². The van der Waals surface area contributed by atoms with E-state index in [1.807, 2.05) is 4.57 Å². The highest BCUT2D eigenvalue weighted by molar-refractivity contribution is 9.10. The molecule has 0 bridgehead atoms. The Morgan fingerprint density at radius 3 is 2.50 bits per heavy atom. The van der Waals surface area contributed by atoms with Crippen LogP contribution >= 0.6 is 15.9 Å². The fraction of sp³-hybridized carbons (Fsp3) is 0.389. The zero-order valence-corrected chi connectivity index (χ0v) is 17.3. The standard InChI is InChI=1S/C18H20BrN5O4/c1-25-10-7-11(26-2)14(12(8-10)27-3)21-16-15-17(23-18(19)22-16)24(9-20-15)13-5-4-6-28-13/h7-9,13H,4-6H2,1-3H3,(H,21,22,23). The van der Waals surface area contributed by atoms with E-state index in [2.05, 4.69) is 36.2 Å². The van der Waals surface area contributed by atoms with Gasteiger partial charge in [0, 0.05) is 18.7 Å². The lowest BCUT2D eigenvalue weighted by molar-refractivity contribution is 0.0592. The van der Waals surface area contributed by atoms with Crippen molar-refractivity contribution in [3.8, 4) is 17.2 Å². The van der Waals surface area contributed by atoms with E-state index in [0.29, 0.717) is 44.7 Å². The lowest BCUT2D eigenvalue weighted by Crippen LogP contribution is -2.07. The minimum Gasteiger partial charge on any atom is -0.496 e. The molecule has 9 nitrogen and oxygen atoms in total. The van der Waals surface area contributed by atoms with Gasteiger partial charge in [-0.1, -0.05) is 0 Å². The Bertz CT molecular complexity index is 978. The lowest BCUT2D eigenvalue weighted by Gasteiger charge is -2.16. The predicted molar refractivity (Wildman–Crippen MR) is 107 cm³/mol. The Morgan fingerprint density at radius 1 is 1.14 bits per heavy atom. The maximum absolute atomic E-state index is 5.77. The average molecular weight is 450 g/mol. The van der Waals surface area contributed by atoms with Crippen molar-refractivity contribution in [3.05, 3.63) is 23.2 Å². The summed E-state index contributed by atoms with van der Waals surface area (Å²) < 4.78 is 24.5. The van der Waals surface area contributed by atoms with Crippen LogP contribution in [-0.2, 0) is 4.74 Å². The van der Waals surface area contributed by atoms with Gasteiger partial charge < -0.3 is 24.3 Å². The van der Waals surface area contributed by atoms with Crippen molar-refractivity contribution in [1.29, 1.82) is 0 Å². The quantitative estimate of drug-likeness (QED) is 0.569. The van der Waals surface area contributed by atoms with Gasteiger partial charge >= 0.3 is 0 Å². The van der Waals surface area contributed by atoms with Gasteiger partial charge in [-0.15, -0.1) is 0 Å². The Labute approximate surface area is 170 Å². The summed E-state index contributed by atoms with van der Waals surface area (Å²) >= 11 is 3.39. The van der Waals surface area contributed by atoms with Crippen LogP contribution in [0.25, 0.3) is 11.2 Å². The third-order valence-corrected chi connectivity index (χ3v) is 4.92. The fourth-order valence-electron chi connectivity index (χ4n) is 3.22. The van der Waals surface area contributed by atoms with Gasteiger partial charge in [-0.05, 0) is 28.8 Å². The number of hydrogen-bond acceptors (Lipinski definition) is 8. The van der Waals surface area contributed by atoms with Crippen LogP contribution in [0.1, 0.15) is 19.1 Å². The Morgan fingerprint density at radius 2 is 1.89 bits per heavy atom. The van der Waals surface area contributed by atoms with Crippen LogP contribution in [0.3, 0.4) is 0 Å². The molecule has 1 saturated heterocycles. The first-order chi connectivity index (χ1) is 13.6. The predicted octanol–water partition coefficient (Wildman–Crippen LogP) is 3.67. The number of imidazole rings is 1. The summed E-state index contributed by atoms with van der Waals surface area (Å²) in [7, 11) is 4.75. The van der Waals surface area contributed by atoms with Crippen LogP contribution in [0.15, 0.2) is 23.2 Å². The molecule has 1 atom stereocenters. The molecule has 0 spiro atoms. The number of hydrogen-bond donors (Lipinski definition) is 1. The van der Waals surface area contributed by atoms with Crippen molar-refractivity contribution < 1.29 is 18.9 Å². The number of nitrogens with one attached hydrogen (secondary N) is 1. The van der Waals surface area contributed by atoms with Crippen molar-refractivity contribution in [2.24, 2.45) is 0 Å². The van der Waals surface area contributed by atoms with Crippen LogP contribution in [0.2, 0.25) is 0 Å². The summed E-state index contributed by atoms with van der Waals surface area (Å²) in [5.41, 5.74) is 1.92. The number of rotatable bonds is 6. The van der Waals surface area contributed by atoms with Crippen molar-refractivity contribution in [2.75, 3.05) is 33.3 Å². The summed E-state index contributed by atoms with van der Waals surface area (Å²) in [4.78, 5) is 13.5. The zero-order chi connectivity index (χ0) is 19.7. The molecule has 1 fully saturated rings. The molecule has 1 aliphatic heterocycles. The number of ether oxygens (including phenoxy) is 4. The third-order valence-electron chi connectivity index (χ3n) is 4.57. The van der Waals surface area contributed by atoms with E-state index in [-0.39, 0.29) is 6.23 Å². The number of halogens is 1. The first kappa shape index (κ1) is 18.8. The second kappa shape index (κ2) is 7.80. The van der Waals surface area contributed by atoms with E-state index in [9.17, 15) is 0 Å². The molecular weight excluding hydrogens is 430 g/mol. The number of aromatic nitrogens is 4. The van der Waals surface area contributed by atoms with Gasteiger partial charge in [0.1, 0.15) is 29.2 Å². The SMILES string of the molecule is COc1cc(OC)c(Nc2nc(Br)nc3c2ncn3C2CCCO2)c(OC)c1. The highest BCUT2D eigenvalue weighted by Crippen LogP contribution is 2.41. The average Bonchev–Trinajstić information content (AvgIpc) is 3.37. The minimum absolute atomic E-state index is 0.0651. The minimum atomic E-state index is -0.0651. The molecule has 1 unspecified atom stereocenters. The molecular formula is C18H20BrN5O4. The molecule has 0 radical (unpaired) electrons. The largest absolute Gasteiger partial charge is 0.496 e. The van der Waals surface area contributed by atoms with Crippen molar-refractivity contribution in [1.82, 2.24) is 19.5 Å². The monoisotopic (exact) mass is 449 g/mol. The molecule has 0 aliphatic carbocycles.